The highest BCUT2D eigenvalue weighted by atomic mass is 16.5. The van der Waals surface area contributed by atoms with Gasteiger partial charge in [0, 0.05) is 46.3 Å². The predicted molar refractivity (Wildman–Crippen MR) is 276 cm³/mol. The van der Waals surface area contributed by atoms with E-state index in [1.54, 1.807) is 0 Å². The molecule has 4 aliphatic rings. The zero-order valence-electron chi connectivity index (χ0n) is 46.0. The third-order valence-electron chi connectivity index (χ3n) is 14.6. The number of aliphatic hydroxyl groups is 3. The van der Waals surface area contributed by atoms with Crippen LogP contribution in [0.4, 0.5) is 9.59 Å². The molecule has 0 bridgehead atoms. The summed E-state index contributed by atoms with van der Waals surface area (Å²) in [5.41, 5.74) is -5.37. The van der Waals surface area contributed by atoms with Gasteiger partial charge in [-0.25, -0.2) is 65.8 Å². The summed E-state index contributed by atoms with van der Waals surface area (Å²) in [6, 6.07) is -1.06. The van der Waals surface area contributed by atoms with Crippen LogP contribution in [-0.4, -0.2) is 211 Å². The van der Waals surface area contributed by atoms with Crippen molar-refractivity contribution in [1.29, 1.82) is 0 Å². The number of rotatable bonds is 29. The number of urea groups is 2. The van der Waals surface area contributed by atoms with Crippen molar-refractivity contribution in [2.24, 2.45) is 23.7 Å². The minimum atomic E-state index is -0.966. The molecule has 4 amide bonds. The number of β-amino-alcohol motifs (C(OH)–C–C–N with tert-alkyl or cyclic N) is 2. The van der Waals surface area contributed by atoms with E-state index in [1.165, 1.54) is 54.8 Å². The molecule has 0 aromatic carbocycles. The Labute approximate surface area is 458 Å². The van der Waals surface area contributed by atoms with Gasteiger partial charge in [-0.05, 0) is 39.5 Å². The van der Waals surface area contributed by atoms with E-state index >= 15 is 0 Å². The van der Waals surface area contributed by atoms with Gasteiger partial charge in [-0.3, -0.25) is 38.8 Å². The fourth-order valence-electron chi connectivity index (χ4n) is 10.6. The van der Waals surface area contributed by atoms with Gasteiger partial charge >= 0.3 is 58.1 Å². The number of Topliss-reactive ketones (excluding diaryl/α,β-unsaturated/α-hetero) is 2. The number of methoxy groups -OCH3 is 3. The van der Waals surface area contributed by atoms with Crippen LogP contribution in [0.15, 0.2) is 28.8 Å². The van der Waals surface area contributed by atoms with E-state index in [4.69, 9.17) is 33.5 Å². The Hall–Kier alpha value is -6.64. The Morgan fingerprint density at radius 2 is 0.713 bits per heavy atom. The van der Waals surface area contributed by atoms with E-state index in [2.05, 4.69) is 0 Å². The number of aliphatic hydroxyl groups excluding tert-OH is 3. The maximum atomic E-state index is 13.4. The summed E-state index contributed by atoms with van der Waals surface area (Å²) < 4.78 is 36.3. The van der Waals surface area contributed by atoms with Gasteiger partial charge < -0.3 is 43.7 Å². The van der Waals surface area contributed by atoms with E-state index in [9.17, 15) is 67.7 Å². The molecule has 6 rings (SSSR count). The van der Waals surface area contributed by atoms with E-state index in [-0.39, 0.29) is 130 Å². The molecule has 80 heavy (non-hydrogen) atoms. The first kappa shape index (κ1) is 64.2. The number of ether oxygens (including phenoxy) is 6. The first-order valence-electron chi connectivity index (χ1n) is 26.6. The van der Waals surface area contributed by atoms with Gasteiger partial charge in [-0.1, -0.05) is 25.7 Å². The first-order chi connectivity index (χ1) is 38.4. The second-order valence-corrected chi connectivity index (χ2v) is 19.5. The molecular formula is C49H76N10O21. The maximum absolute atomic E-state index is 13.4. The molecule has 0 spiro atoms. The lowest BCUT2D eigenvalue weighted by atomic mass is 9.77. The van der Waals surface area contributed by atoms with Gasteiger partial charge in [0.2, 0.25) is 0 Å². The zero-order chi connectivity index (χ0) is 58.8. The predicted octanol–water partition coefficient (Wildman–Crippen LogP) is -3.80. The highest BCUT2D eigenvalue weighted by Gasteiger charge is 2.59. The zero-order valence-corrected chi connectivity index (χ0v) is 46.0. The molecule has 2 aliphatic carbocycles. The number of nitrogens with zero attached hydrogens (tertiary/aromatic N) is 10. The standard InChI is InChI=1S/C30H47N7O13.C19H29N3O8/c1-20(40)21-6-4-5-7-22(21)25(41)50-17-12-35-29(45)33(10-15-47-2)28(44)34(30(35)46)11-16-49-19-37-24-23(32(9-14-39)27(37)43)31(8-13-38)26(42)36(24)18-48-3;1-13(24)14-5-3-4-6-15(14)16(25)30-12-9-22-18(27)20(7-10-23)17(26)21(19(22)28)8-11-29-2/h21-24,38-39H,4-19H2,1-3H3;14-15,23H,3-12H2,1-2H3. The summed E-state index contributed by atoms with van der Waals surface area (Å²) >= 11 is 0. The Balaban J connectivity index is 0.000000334. The molecule has 448 valence electrons. The number of amides is 4. The lowest BCUT2D eigenvalue weighted by molar-refractivity contribution is -0.154. The second kappa shape index (κ2) is 30.8. The summed E-state index contributed by atoms with van der Waals surface area (Å²) in [6.45, 7) is -1.29. The normalized spacial score (nSPS) is 20.9. The van der Waals surface area contributed by atoms with Crippen molar-refractivity contribution in [2.75, 3.05) is 101 Å². The second-order valence-electron chi connectivity index (χ2n) is 19.5. The maximum Gasteiger partial charge on any atom is 0.336 e. The third kappa shape index (κ3) is 14.8. The van der Waals surface area contributed by atoms with Crippen molar-refractivity contribution >= 4 is 35.6 Å². The van der Waals surface area contributed by atoms with Crippen molar-refractivity contribution in [3.8, 4) is 0 Å². The van der Waals surface area contributed by atoms with Crippen LogP contribution in [0, 0.1) is 23.7 Å². The van der Waals surface area contributed by atoms with Gasteiger partial charge in [0.1, 0.15) is 44.4 Å². The number of fused-ring (bicyclic) bond motifs is 1. The number of ketones is 2. The minimum Gasteiger partial charge on any atom is -0.464 e. The average molecular weight is 1140 g/mol. The van der Waals surface area contributed by atoms with Crippen LogP contribution in [-0.2, 0) is 86.9 Å². The largest absolute Gasteiger partial charge is 0.464 e. The number of esters is 2. The summed E-state index contributed by atoms with van der Waals surface area (Å²) in [5.74, 6) is -3.18. The molecule has 2 aliphatic heterocycles. The smallest absolute Gasteiger partial charge is 0.336 e. The van der Waals surface area contributed by atoms with Gasteiger partial charge in [-0.2, -0.15) is 0 Å². The summed E-state index contributed by atoms with van der Waals surface area (Å²) in [6.07, 6.45) is 3.88. The molecule has 3 N–H and O–H groups in total. The van der Waals surface area contributed by atoms with Crippen LogP contribution < -0.4 is 34.1 Å². The number of aromatic nitrogens is 6. The lowest BCUT2D eigenvalue weighted by Crippen LogP contribution is -2.55. The first-order valence-corrected chi connectivity index (χ1v) is 26.6. The van der Waals surface area contributed by atoms with Crippen molar-refractivity contribution in [1.82, 2.24) is 47.0 Å². The van der Waals surface area contributed by atoms with E-state index < -0.39 is 94.8 Å². The van der Waals surface area contributed by atoms with E-state index in [0.717, 1.165) is 53.1 Å². The summed E-state index contributed by atoms with van der Waals surface area (Å²) in [4.78, 5) is 158. The van der Waals surface area contributed by atoms with Crippen LogP contribution in [0.2, 0.25) is 0 Å². The van der Waals surface area contributed by atoms with Gasteiger partial charge in [-0.15, -0.1) is 0 Å². The monoisotopic (exact) mass is 1140 g/mol. The van der Waals surface area contributed by atoms with Crippen LogP contribution in [0.3, 0.4) is 0 Å². The molecule has 2 saturated carbocycles. The van der Waals surface area contributed by atoms with Crippen molar-refractivity contribution in [3.05, 3.63) is 62.9 Å². The van der Waals surface area contributed by atoms with Gasteiger partial charge in [0.25, 0.3) is 0 Å². The molecule has 6 unspecified atom stereocenters. The van der Waals surface area contributed by atoms with Gasteiger partial charge in [0.05, 0.1) is 90.7 Å². The quantitative estimate of drug-likeness (QED) is 0.0519. The van der Waals surface area contributed by atoms with Crippen molar-refractivity contribution in [2.45, 2.75) is 117 Å². The van der Waals surface area contributed by atoms with E-state index in [1.807, 2.05) is 0 Å². The van der Waals surface area contributed by atoms with Crippen molar-refractivity contribution < 1.29 is 72.5 Å². The molecule has 2 saturated heterocycles. The number of carbonyl (C=O) groups excluding carboxylic acids is 6. The molecule has 31 heteroatoms. The Kier molecular flexibility index (Phi) is 24.7. The minimum absolute atomic E-state index is 0.0130. The number of hydrogen-bond acceptors (Lipinski definition) is 21. The Bertz CT molecular complexity index is 2850. The molecule has 2 aromatic rings. The molecule has 31 nitrogen and oxygen atoms in total. The topological polar surface area (TPSA) is 363 Å². The highest BCUT2D eigenvalue weighted by molar-refractivity contribution is 5.86. The number of hydrogen-bond donors (Lipinski definition) is 3. The highest BCUT2D eigenvalue weighted by Crippen LogP contribution is 2.35. The third-order valence-corrected chi connectivity index (χ3v) is 14.6. The molecule has 4 fully saturated rings. The Morgan fingerprint density at radius 3 is 1.05 bits per heavy atom. The average Bonchev–Trinajstić information content (AvgIpc) is 3.93. The van der Waals surface area contributed by atoms with Crippen LogP contribution in [0.1, 0.15) is 65.2 Å². The number of carbonyl (C=O) groups is 6. The van der Waals surface area contributed by atoms with E-state index in [0.29, 0.717) is 25.7 Å². The molecule has 4 heterocycles. The molecule has 2 aromatic heterocycles. The van der Waals surface area contributed by atoms with Crippen LogP contribution in [0.25, 0.3) is 0 Å². The van der Waals surface area contributed by atoms with Gasteiger partial charge in [0.15, 0.2) is 6.17 Å². The lowest BCUT2D eigenvalue weighted by Gasteiger charge is -2.29. The molecule has 0 radical (unpaired) electrons. The van der Waals surface area contributed by atoms with Crippen molar-refractivity contribution in [3.63, 3.8) is 0 Å². The van der Waals surface area contributed by atoms with Crippen LogP contribution in [0.5, 0.6) is 0 Å². The molecular weight excluding hydrogens is 1060 g/mol. The Morgan fingerprint density at radius 1 is 0.400 bits per heavy atom. The molecule has 6 atom stereocenters. The van der Waals surface area contributed by atoms with Crippen LogP contribution >= 0.6 is 0 Å². The summed E-state index contributed by atoms with van der Waals surface area (Å²) in [5, 5.41) is 28.3. The SMILES string of the molecule is COCCn1c(=O)n(CCO)c(=O)n(CCOC(=O)C2CCCCC2C(C)=O)c1=O.COCCn1c(=O)n(CCOCN2C(=O)N(CCO)C3C2N(COC)C(=O)N3CCO)c(=O)n(CCOC(=O)C2CCCCC2C(C)=O)c1=O. The summed E-state index contributed by atoms with van der Waals surface area (Å²) in [7, 11) is 4.17. The fourth-order valence-corrected chi connectivity index (χ4v) is 10.6. The fraction of sp³-hybridized carbons (Fsp3) is 0.755.